The van der Waals surface area contributed by atoms with E-state index in [1.54, 1.807) is 18.2 Å². The van der Waals surface area contributed by atoms with Crippen LogP contribution in [0.2, 0.25) is 0 Å². The number of ether oxygens (including phenoxy) is 1. The van der Waals surface area contributed by atoms with Gasteiger partial charge < -0.3 is 10.1 Å². The predicted molar refractivity (Wildman–Crippen MR) is 94.1 cm³/mol. The van der Waals surface area contributed by atoms with Crippen LogP contribution >= 0.6 is 0 Å². The molecule has 140 valence electrons. The fourth-order valence-corrected chi connectivity index (χ4v) is 4.32. The first-order valence-electron chi connectivity index (χ1n) is 8.57. The van der Waals surface area contributed by atoms with E-state index in [2.05, 4.69) is 15.0 Å². The van der Waals surface area contributed by atoms with Gasteiger partial charge in [-0.1, -0.05) is 25.0 Å². The fraction of sp³-hybridized carbons (Fsp3) is 0.471. The Morgan fingerprint density at radius 3 is 2.73 bits per heavy atom. The molecule has 1 aliphatic heterocycles. The molecule has 0 aromatic heterocycles. The van der Waals surface area contributed by atoms with Crippen LogP contribution in [-0.4, -0.2) is 45.3 Å². The van der Waals surface area contributed by atoms with Crippen LogP contribution in [0.15, 0.2) is 34.2 Å². The second-order valence-electron chi connectivity index (χ2n) is 6.29. The van der Waals surface area contributed by atoms with Crippen molar-refractivity contribution >= 4 is 27.7 Å². The molecule has 26 heavy (non-hydrogen) atoms. The van der Waals surface area contributed by atoms with Crippen molar-refractivity contribution in [1.82, 2.24) is 10.0 Å². The highest BCUT2D eigenvalue weighted by Crippen LogP contribution is 2.22. The second kappa shape index (κ2) is 7.86. The van der Waals surface area contributed by atoms with Crippen molar-refractivity contribution in [2.45, 2.75) is 43.0 Å². The molecule has 2 N–H and O–H groups in total. The minimum atomic E-state index is -3.59. The third-order valence-electron chi connectivity index (χ3n) is 4.33. The highest BCUT2D eigenvalue weighted by atomic mass is 32.2. The number of hydrogen-bond donors (Lipinski definition) is 2. The molecular formula is C17H21N3O5S. The SMILES string of the molecule is O=C(COC(=O)CCN=C1NS(=O)(=O)c2ccccc21)NC1CCCC1. The minimum Gasteiger partial charge on any atom is -0.456 e. The first-order chi connectivity index (χ1) is 12.5. The van der Waals surface area contributed by atoms with Crippen molar-refractivity contribution in [3.63, 3.8) is 0 Å². The number of carbonyl (C=O) groups excluding carboxylic acids is 2. The van der Waals surface area contributed by atoms with Crippen LogP contribution in [0.25, 0.3) is 0 Å². The number of sulfonamides is 1. The van der Waals surface area contributed by atoms with Crippen LogP contribution in [0, 0.1) is 0 Å². The maximum Gasteiger partial charge on any atom is 0.308 e. The van der Waals surface area contributed by atoms with E-state index in [-0.39, 0.29) is 42.3 Å². The lowest BCUT2D eigenvalue weighted by atomic mass is 10.2. The third-order valence-corrected chi connectivity index (χ3v) is 5.73. The van der Waals surface area contributed by atoms with Gasteiger partial charge in [-0.05, 0) is 25.0 Å². The number of nitrogens with zero attached hydrogens (tertiary/aromatic N) is 1. The Bertz CT molecular complexity index is 829. The maximum atomic E-state index is 12.0. The Kier molecular flexibility index (Phi) is 5.55. The van der Waals surface area contributed by atoms with E-state index >= 15 is 0 Å². The number of carbonyl (C=O) groups is 2. The number of amides is 1. The van der Waals surface area contributed by atoms with Gasteiger partial charge in [0.2, 0.25) is 0 Å². The van der Waals surface area contributed by atoms with Gasteiger partial charge in [-0.3, -0.25) is 19.3 Å². The van der Waals surface area contributed by atoms with E-state index in [9.17, 15) is 18.0 Å². The zero-order chi connectivity index (χ0) is 18.6. The summed E-state index contributed by atoms with van der Waals surface area (Å²) in [7, 11) is -3.59. The van der Waals surface area contributed by atoms with E-state index in [4.69, 9.17) is 4.74 Å². The molecule has 1 aromatic carbocycles. The van der Waals surface area contributed by atoms with Gasteiger partial charge in [-0.15, -0.1) is 0 Å². The molecule has 1 aromatic rings. The zero-order valence-corrected chi connectivity index (χ0v) is 15.0. The highest BCUT2D eigenvalue weighted by molar-refractivity contribution is 7.90. The molecule has 1 heterocycles. The van der Waals surface area contributed by atoms with Crippen LogP contribution in [0.4, 0.5) is 0 Å². The zero-order valence-electron chi connectivity index (χ0n) is 14.2. The maximum absolute atomic E-state index is 12.0. The third kappa shape index (κ3) is 4.40. The summed E-state index contributed by atoms with van der Waals surface area (Å²) in [4.78, 5) is 27.7. The van der Waals surface area contributed by atoms with Crippen molar-refractivity contribution in [2.24, 2.45) is 4.99 Å². The smallest absolute Gasteiger partial charge is 0.308 e. The molecule has 8 nitrogen and oxygen atoms in total. The van der Waals surface area contributed by atoms with Gasteiger partial charge in [-0.2, -0.15) is 0 Å². The molecule has 3 rings (SSSR count). The van der Waals surface area contributed by atoms with Crippen LogP contribution in [0.1, 0.15) is 37.7 Å². The van der Waals surface area contributed by atoms with E-state index in [1.807, 2.05) is 0 Å². The normalized spacial score (nSPS) is 19.8. The summed E-state index contributed by atoms with van der Waals surface area (Å²) in [5.41, 5.74) is 0.483. The van der Waals surface area contributed by atoms with E-state index in [0.29, 0.717) is 5.56 Å². The van der Waals surface area contributed by atoms with Gasteiger partial charge in [0.1, 0.15) is 5.84 Å². The van der Waals surface area contributed by atoms with Crippen molar-refractivity contribution in [3.05, 3.63) is 29.8 Å². The summed E-state index contributed by atoms with van der Waals surface area (Å²) in [5, 5.41) is 2.83. The quantitative estimate of drug-likeness (QED) is 0.707. The molecule has 9 heteroatoms. The molecule has 2 aliphatic rings. The first-order valence-corrected chi connectivity index (χ1v) is 10.1. The van der Waals surface area contributed by atoms with Gasteiger partial charge in [0, 0.05) is 11.6 Å². The van der Waals surface area contributed by atoms with E-state index in [1.165, 1.54) is 6.07 Å². The number of benzene rings is 1. The number of amidine groups is 1. The number of hydrogen-bond acceptors (Lipinski definition) is 6. The molecule has 0 saturated heterocycles. The highest BCUT2D eigenvalue weighted by Gasteiger charge is 2.30. The first kappa shape index (κ1) is 18.4. The van der Waals surface area contributed by atoms with Crippen molar-refractivity contribution < 1.29 is 22.7 Å². The summed E-state index contributed by atoms with van der Waals surface area (Å²) in [6.07, 6.45) is 4.11. The van der Waals surface area contributed by atoms with Crippen molar-refractivity contribution in [2.75, 3.05) is 13.2 Å². The standard InChI is InChI=1S/C17H21N3O5S/c21-15(19-12-5-1-2-6-12)11-25-16(22)9-10-18-17-13-7-3-4-8-14(13)26(23,24)20-17/h3-4,7-8,12H,1-2,5-6,9-11H2,(H,18,20)(H,19,21). The van der Waals surface area contributed by atoms with Crippen LogP contribution in [0.3, 0.4) is 0 Å². The van der Waals surface area contributed by atoms with Crippen LogP contribution in [0.5, 0.6) is 0 Å². The van der Waals surface area contributed by atoms with E-state index < -0.39 is 16.0 Å². The lowest BCUT2D eigenvalue weighted by molar-refractivity contribution is -0.148. The second-order valence-corrected chi connectivity index (χ2v) is 7.94. The van der Waals surface area contributed by atoms with Crippen molar-refractivity contribution in [3.8, 4) is 0 Å². The van der Waals surface area contributed by atoms with Crippen LogP contribution < -0.4 is 10.0 Å². The topological polar surface area (TPSA) is 114 Å². The number of rotatable bonds is 6. The minimum absolute atomic E-state index is 0.0376. The summed E-state index contributed by atoms with van der Waals surface area (Å²) < 4.78 is 31.2. The fourth-order valence-electron chi connectivity index (χ4n) is 3.07. The Hall–Kier alpha value is -2.42. The number of aliphatic imine (C=N–C) groups is 1. The Labute approximate surface area is 152 Å². The molecule has 1 fully saturated rings. The average molecular weight is 379 g/mol. The molecule has 0 bridgehead atoms. The molecule has 1 aliphatic carbocycles. The van der Waals surface area contributed by atoms with E-state index in [0.717, 1.165) is 25.7 Å². The Morgan fingerprint density at radius 1 is 1.23 bits per heavy atom. The number of esters is 1. The summed E-state index contributed by atoms with van der Waals surface area (Å²) in [6.45, 7) is -0.239. The molecule has 0 radical (unpaired) electrons. The summed E-state index contributed by atoms with van der Waals surface area (Å²) in [6, 6.07) is 6.68. The summed E-state index contributed by atoms with van der Waals surface area (Å²) >= 11 is 0. The van der Waals surface area contributed by atoms with Crippen molar-refractivity contribution in [1.29, 1.82) is 0 Å². The number of nitrogens with one attached hydrogen (secondary N) is 2. The lowest BCUT2D eigenvalue weighted by Crippen LogP contribution is -2.35. The average Bonchev–Trinajstić information content (AvgIpc) is 3.20. The van der Waals surface area contributed by atoms with Gasteiger partial charge in [0.15, 0.2) is 6.61 Å². The van der Waals surface area contributed by atoms with Gasteiger partial charge in [-0.25, -0.2) is 8.42 Å². The largest absolute Gasteiger partial charge is 0.456 e. The Balaban J connectivity index is 1.45. The van der Waals surface area contributed by atoms with Gasteiger partial charge >= 0.3 is 5.97 Å². The molecule has 0 unspecified atom stereocenters. The summed E-state index contributed by atoms with van der Waals surface area (Å²) in [5.74, 6) is -0.633. The van der Waals surface area contributed by atoms with Gasteiger partial charge in [0.25, 0.3) is 15.9 Å². The number of fused-ring (bicyclic) bond motifs is 1. The molecular weight excluding hydrogens is 358 g/mol. The monoisotopic (exact) mass is 379 g/mol. The molecule has 1 amide bonds. The Morgan fingerprint density at radius 2 is 1.96 bits per heavy atom. The lowest BCUT2D eigenvalue weighted by Gasteiger charge is -2.11. The van der Waals surface area contributed by atoms with Crippen LogP contribution in [-0.2, 0) is 24.3 Å². The molecule has 0 atom stereocenters. The predicted octanol–water partition coefficient (Wildman–Crippen LogP) is 0.717. The molecule has 0 spiro atoms. The molecule has 1 saturated carbocycles. The van der Waals surface area contributed by atoms with Gasteiger partial charge in [0.05, 0.1) is 17.9 Å².